The molecular weight excluding hydrogens is 535 g/mol. The fourth-order valence-electron chi connectivity index (χ4n) is 4.40. The molecular formula is C27H31FN8O3S. The Balaban J connectivity index is 1.57. The second kappa shape index (κ2) is 12.1. The van der Waals surface area contributed by atoms with Crippen LogP contribution in [0.4, 0.5) is 21.7 Å². The largest absolute Gasteiger partial charge is 0.378 e. The van der Waals surface area contributed by atoms with Crippen LogP contribution in [0.1, 0.15) is 13.3 Å². The van der Waals surface area contributed by atoms with Gasteiger partial charge in [-0.3, -0.25) is 4.72 Å². The van der Waals surface area contributed by atoms with E-state index in [9.17, 15) is 8.42 Å². The number of ether oxygens (including phenoxy) is 1. The summed E-state index contributed by atoms with van der Waals surface area (Å²) in [7, 11) is -3.66. The van der Waals surface area contributed by atoms with E-state index in [4.69, 9.17) is 25.4 Å². The van der Waals surface area contributed by atoms with Crippen molar-refractivity contribution in [1.29, 1.82) is 0 Å². The van der Waals surface area contributed by atoms with Gasteiger partial charge in [-0.2, -0.15) is 0 Å². The van der Waals surface area contributed by atoms with Crippen molar-refractivity contribution in [2.75, 3.05) is 60.1 Å². The highest BCUT2D eigenvalue weighted by Gasteiger charge is 2.21. The molecule has 1 aliphatic heterocycles. The van der Waals surface area contributed by atoms with Crippen LogP contribution in [-0.4, -0.2) is 73.5 Å². The van der Waals surface area contributed by atoms with Crippen LogP contribution < -0.4 is 20.7 Å². The van der Waals surface area contributed by atoms with Crippen molar-refractivity contribution >= 4 is 38.4 Å². The van der Waals surface area contributed by atoms with Gasteiger partial charge in [-0.15, -0.1) is 0 Å². The summed E-state index contributed by atoms with van der Waals surface area (Å²) in [6.45, 7) is 5.16. The van der Waals surface area contributed by atoms with E-state index < -0.39 is 15.8 Å². The van der Waals surface area contributed by atoms with Gasteiger partial charge in [-0.25, -0.2) is 32.7 Å². The lowest BCUT2D eigenvalue weighted by Crippen LogP contribution is -2.37. The SMILES string of the molecule is CCCS(=O)(=O)Nc1cccc(-c2ccc3nc(-c4ccc(NCCN)nc4)nc(N4CCOCC4)c3n2)c1F. The first-order valence-electron chi connectivity index (χ1n) is 13.1. The predicted octanol–water partition coefficient (Wildman–Crippen LogP) is 3.25. The first-order chi connectivity index (χ1) is 19.4. The van der Waals surface area contributed by atoms with E-state index >= 15 is 4.39 Å². The summed E-state index contributed by atoms with van der Waals surface area (Å²) in [5, 5.41) is 3.14. The van der Waals surface area contributed by atoms with E-state index in [1.165, 1.54) is 6.07 Å². The van der Waals surface area contributed by atoms with Gasteiger partial charge < -0.3 is 20.7 Å². The fourth-order valence-corrected chi connectivity index (χ4v) is 5.53. The van der Waals surface area contributed by atoms with Crippen LogP contribution in [0.3, 0.4) is 0 Å². The highest BCUT2D eigenvalue weighted by Crippen LogP contribution is 2.32. The second-order valence-electron chi connectivity index (χ2n) is 9.27. The van der Waals surface area contributed by atoms with E-state index in [2.05, 4.69) is 19.9 Å². The number of nitrogens with two attached hydrogens (primary N) is 1. The number of morpholine rings is 1. The van der Waals surface area contributed by atoms with E-state index in [1.54, 1.807) is 37.4 Å². The van der Waals surface area contributed by atoms with Gasteiger partial charge in [0.2, 0.25) is 10.0 Å². The molecule has 0 atom stereocenters. The second-order valence-corrected chi connectivity index (χ2v) is 11.1. The number of pyridine rings is 2. The van der Waals surface area contributed by atoms with Crippen LogP contribution in [0.2, 0.25) is 0 Å². The number of halogens is 1. The molecule has 1 saturated heterocycles. The number of hydrogen-bond acceptors (Lipinski definition) is 10. The van der Waals surface area contributed by atoms with Crippen molar-refractivity contribution in [3.63, 3.8) is 0 Å². The fraction of sp³-hybridized carbons (Fsp3) is 0.333. The van der Waals surface area contributed by atoms with Crippen molar-refractivity contribution in [3.8, 4) is 22.6 Å². The molecule has 0 amide bonds. The van der Waals surface area contributed by atoms with Crippen LogP contribution in [0.15, 0.2) is 48.7 Å². The Morgan fingerprint density at radius 2 is 1.90 bits per heavy atom. The number of sulfonamides is 1. The number of hydrogen-bond donors (Lipinski definition) is 3. The Morgan fingerprint density at radius 1 is 1.07 bits per heavy atom. The molecule has 0 unspecified atom stereocenters. The van der Waals surface area contributed by atoms with E-state index in [-0.39, 0.29) is 17.0 Å². The minimum atomic E-state index is -3.66. The number of nitrogens with zero attached hydrogens (tertiary/aromatic N) is 5. The molecule has 4 aromatic rings. The average Bonchev–Trinajstić information content (AvgIpc) is 2.97. The molecule has 1 aromatic carbocycles. The van der Waals surface area contributed by atoms with Gasteiger partial charge in [0.25, 0.3) is 0 Å². The third kappa shape index (κ3) is 6.11. The zero-order valence-corrected chi connectivity index (χ0v) is 22.9. The lowest BCUT2D eigenvalue weighted by atomic mass is 10.1. The molecule has 1 fully saturated rings. The third-order valence-electron chi connectivity index (χ3n) is 6.32. The predicted molar refractivity (Wildman–Crippen MR) is 154 cm³/mol. The number of benzene rings is 1. The first-order valence-corrected chi connectivity index (χ1v) is 14.7. The molecule has 0 radical (unpaired) electrons. The van der Waals surface area contributed by atoms with Gasteiger partial charge in [0.1, 0.15) is 11.3 Å². The molecule has 11 nitrogen and oxygen atoms in total. The van der Waals surface area contributed by atoms with E-state index in [0.29, 0.717) is 80.0 Å². The van der Waals surface area contributed by atoms with E-state index in [1.807, 2.05) is 12.1 Å². The molecule has 5 rings (SSSR count). The van der Waals surface area contributed by atoms with Crippen LogP contribution in [0, 0.1) is 5.82 Å². The standard InChI is InChI=1S/C27H31FN8O3S/c1-2-16-40(37,38)35-21-5-3-4-19(24(21)28)20-7-8-22-25(32-20)27(36-12-14-39-15-13-36)34-26(33-22)18-6-9-23(31-17-18)30-11-10-29/h3-9,17,35H,2,10-16,29H2,1H3,(H,30,31). The number of aromatic nitrogens is 4. The topological polar surface area (TPSA) is 148 Å². The van der Waals surface area contributed by atoms with Crippen molar-refractivity contribution in [3.05, 3.63) is 54.5 Å². The molecule has 3 aromatic heterocycles. The van der Waals surface area contributed by atoms with E-state index in [0.717, 1.165) is 5.56 Å². The Kier molecular flexibility index (Phi) is 8.33. The quantitative estimate of drug-likeness (QED) is 0.261. The van der Waals surface area contributed by atoms with Crippen molar-refractivity contribution in [1.82, 2.24) is 19.9 Å². The van der Waals surface area contributed by atoms with Crippen LogP contribution in [0.5, 0.6) is 0 Å². The molecule has 40 heavy (non-hydrogen) atoms. The van der Waals surface area contributed by atoms with Crippen molar-refractivity contribution in [2.24, 2.45) is 5.73 Å². The van der Waals surface area contributed by atoms with Crippen LogP contribution in [0.25, 0.3) is 33.7 Å². The number of anilines is 3. The summed E-state index contributed by atoms with van der Waals surface area (Å²) in [4.78, 5) is 20.9. The minimum Gasteiger partial charge on any atom is -0.378 e. The van der Waals surface area contributed by atoms with Gasteiger partial charge in [0, 0.05) is 43.5 Å². The zero-order chi connectivity index (χ0) is 28.1. The third-order valence-corrected chi connectivity index (χ3v) is 7.80. The Bertz CT molecular complexity index is 1600. The minimum absolute atomic E-state index is 0.101. The molecule has 4 heterocycles. The van der Waals surface area contributed by atoms with Gasteiger partial charge in [-0.1, -0.05) is 13.0 Å². The lowest BCUT2D eigenvalue weighted by molar-refractivity contribution is 0.122. The molecule has 4 N–H and O–H groups in total. The van der Waals surface area contributed by atoms with Gasteiger partial charge >= 0.3 is 0 Å². The highest BCUT2D eigenvalue weighted by molar-refractivity contribution is 7.92. The Labute approximate surface area is 232 Å². The summed E-state index contributed by atoms with van der Waals surface area (Å²) >= 11 is 0. The summed E-state index contributed by atoms with van der Waals surface area (Å²) in [5.74, 6) is 0.996. The number of rotatable bonds is 10. The molecule has 13 heteroatoms. The van der Waals surface area contributed by atoms with Crippen molar-refractivity contribution < 1.29 is 17.5 Å². The summed E-state index contributed by atoms with van der Waals surface area (Å²) < 4.78 is 48.0. The molecule has 0 aliphatic carbocycles. The van der Waals surface area contributed by atoms with Crippen LogP contribution >= 0.6 is 0 Å². The molecule has 0 spiro atoms. The monoisotopic (exact) mass is 566 g/mol. The number of fused-ring (bicyclic) bond motifs is 1. The lowest BCUT2D eigenvalue weighted by Gasteiger charge is -2.28. The van der Waals surface area contributed by atoms with Gasteiger partial charge in [-0.05, 0) is 42.8 Å². The van der Waals surface area contributed by atoms with Crippen LogP contribution in [-0.2, 0) is 14.8 Å². The normalized spacial score (nSPS) is 13.9. The molecule has 1 aliphatic rings. The molecule has 210 valence electrons. The summed E-state index contributed by atoms with van der Waals surface area (Å²) in [5.41, 5.74) is 7.77. The maximum absolute atomic E-state index is 15.5. The smallest absolute Gasteiger partial charge is 0.232 e. The Morgan fingerprint density at radius 3 is 2.62 bits per heavy atom. The molecule has 0 saturated carbocycles. The molecule has 0 bridgehead atoms. The maximum Gasteiger partial charge on any atom is 0.232 e. The number of nitrogens with one attached hydrogen (secondary N) is 2. The zero-order valence-electron chi connectivity index (χ0n) is 22.1. The highest BCUT2D eigenvalue weighted by atomic mass is 32.2. The average molecular weight is 567 g/mol. The summed E-state index contributed by atoms with van der Waals surface area (Å²) in [6.07, 6.45) is 2.12. The van der Waals surface area contributed by atoms with Crippen molar-refractivity contribution in [2.45, 2.75) is 13.3 Å². The van der Waals surface area contributed by atoms with Gasteiger partial charge in [0.15, 0.2) is 17.5 Å². The Hall–Kier alpha value is -3.94. The van der Waals surface area contributed by atoms with Gasteiger partial charge in [0.05, 0.1) is 35.9 Å². The first kappa shape index (κ1) is 27.6. The summed E-state index contributed by atoms with van der Waals surface area (Å²) in [6, 6.07) is 11.7. The maximum atomic E-state index is 15.5.